The number of aromatic amines is 1. The highest BCUT2D eigenvalue weighted by atomic mass is 32.1. The summed E-state index contributed by atoms with van der Waals surface area (Å²) >= 11 is 1.47. The van der Waals surface area contributed by atoms with Crippen LogP contribution in [-0.4, -0.2) is 25.6 Å². The molecular weight excluding hydrogens is 266 g/mol. The van der Waals surface area contributed by atoms with Crippen molar-refractivity contribution in [2.45, 2.75) is 6.54 Å². The predicted octanol–water partition coefficient (Wildman–Crippen LogP) is 1.53. The summed E-state index contributed by atoms with van der Waals surface area (Å²) in [7, 11) is 0. The van der Waals surface area contributed by atoms with Gasteiger partial charge in [-0.2, -0.15) is 0 Å². The molecule has 2 aromatic heterocycles. The normalized spacial score (nSPS) is 10.9. The van der Waals surface area contributed by atoms with E-state index in [4.69, 9.17) is 5.11 Å². The highest BCUT2D eigenvalue weighted by Crippen LogP contribution is 2.15. The van der Waals surface area contributed by atoms with Gasteiger partial charge in [-0.05, 0) is 18.2 Å². The van der Waals surface area contributed by atoms with Crippen molar-refractivity contribution < 1.29 is 9.90 Å². The third-order valence-corrected chi connectivity index (χ3v) is 3.56. The molecule has 0 fully saturated rings. The maximum Gasteiger partial charge on any atom is 0.335 e. The number of nitrogens with zero attached hydrogens (tertiary/aromatic N) is 2. The van der Waals surface area contributed by atoms with Gasteiger partial charge in [0.2, 0.25) is 0 Å². The summed E-state index contributed by atoms with van der Waals surface area (Å²) < 4.78 is 1.54. The number of H-pyrrole nitrogens is 1. The quantitative estimate of drug-likeness (QED) is 0.758. The lowest BCUT2D eigenvalue weighted by atomic mass is 10.2. The van der Waals surface area contributed by atoms with Gasteiger partial charge in [-0.25, -0.2) is 14.6 Å². The number of carbonyl (C=O) groups is 1. The van der Waals surface area contributed by atoms with Crippen LogP contribution >= 0.6 is 11.3 Å². The molecule has 7 heteroatoms. The van der Waals surface area contributed by atoms with E-state index in [1.54, 1.807) is 16.8 Å². The Morgan fingerprint density at radius 3 is 3.00 bits per heavy atom. The summed E-state index contributed by atoms with van der Waals surface area (Å²) in [5, 5.41) is 11.6. The fourth-order valence-corrected chi connectivity index (χ4v) is 2.52. The molecule has 2 heterocycles. The average molecular weight is 275 g/mol. The lowest BCUT2D eigenvalue weighted by Gasteiger charge is -2.00. The highest BCUT2D eigenvalue weighted by molar-refractivity contribution is 7.09. The second-order valence-corrected chi connectivity index (χ2v) is 4.96. The van der Waals surface area contributed by atoms with Crippen LogP contribution in [0.25, 0.3) is 11.0 Å². The second-order valence-electron chi connectivity index (χ2n) is 3.98. The zero-order valence-corrected chi connectivity index (χ0v) is 10.5. The van der Waals surface area contributed by atoms with Gasteiger partial charge in [0.1, 0.15) is 5.01 Å². The number of aromatic carboxylic acids is 1. The van der Waals surface area contributed by atoms with Crippen LogP contribution in [-0.2, 0) is 6.54 Å². The van der Waals surface area contributed by atoms with Crippen LogP contribution in [0.1, 0.15) is 15.4 Å². The Kier molecular flexibility index (Phi) is 2.68. The molecule has 19 heavy (non-hydrogen) atoms. The zero-order valence-electron chi connectivity index (χ0n) is 9.66. The maximum atomic E-state index is 11.9. The third-order valence-electron chi connectivity index (χ3n) is 2.80. The Labute approximate surface area is 111 Å². The van der Waals surface area contributed by atoms with Crippen molar-refractivity contribution in [1.82, 2.24) is 14.5 Å². The van der Waals surface area contributed by atoms with E-state index < -0.39 is 5.97 Å². The summed E-state index contributed by atoms with van der Waals surface area (Å²) in [6.07, 6.45) is 1.68. The number of nitrogens with one attached hydrogen (secondary N) is 1. The Hall–Kier alpha value is -2.41. The molecule has 3 aromatic rings. The topological polar surface area (TPSA) is 88.0 Å². The lowest BCUT2D eigenvalue weighted by Crippen LogP contribution is -2.17. The van der Waals surface area contributed by atoms with Gasteiger partial charge in [0, 0.05) is 11.6 Å². The maximum absolute atomic E-state index is 11.9. The van der Waals surface area contributed by atoms with Crippen LogP contribution in [0.5, 0.6) is 0 Å². The molecule has 0 saturated carbocycles. The van der Waals surface area contributed by atoms with Gasteiger partial charge < -0.3 is 10.1 Å². The largest absolute Gasteiger partial charge is 0.478 e. The monoisotopic (exact) mass is 275 g/mol. The summed E-state index contributed by atoms with van der Waals surface area (Å²) in [6.45, 7) is 0.378. The molecule has 0 aliphatic rings. The van der Waals surface area contributed by atoms with Crippen molar-refractivity contribution in [1.29, 1.82) is 0 Å². The van der Waals surface area contributed by atoms with Gasteiger partial charge >= 0.3 is 11.7 Å². The SMILES string of the molecule is O=C(O)c1ccc2c(c1)[nH]c(=O)n2Cc1nccs1. The average Bonchev–Trinajstić information content (AvgIpc) is 2.98. The molecule has 0 saturated heterocycles. The van der Waals surface area contributed by atoms with E-state index in [1.807, 2.05) is 5.38 Å². The smallest absolute Gasteiger partial charge is 0.335 e. The molecule has 0 amide bonds. The van der Waals surface area contributed by atoms with Crippen molar-refractivity contribution in [3.05, 3.63) is 50.8 Å². The van der Waals surface area contributed by atoms with Gasteiger partial charge in [0.25, 0.3) is 0 Å². The molecular formula is C12H9N3O3S. The van der Waals surface area contributed by atoms with Crippen LogP contribution in [0.15, 0.2) is 34.6 Å². The molecule has 2 N–H and O–H groups in total. The van der Waals surface area contributed by atoms with Gasteiger partial charge in [-0.3, -0.25) is 4.57 Å². The molecule has 0 bridgehead atoms. The molecule has 0 atom stereocenters. The van der Waals surface area contributed by atoms with E-state index in [2.05, 4.69) is 9.97 Å². The molecule has 0 aliphatic carbocycles. The first-order valence-electron chi connectivity index (χ1n) is 5.49. The summed E-state index contributed by atoms with van der Waals surface area (Å²) in [4.78, 5) is 29.6. The van der Waals surface area contributed by atoms with E-state index >= 15 is 0 Å². The Morgan fingerprint density at radius 1 is 1.47 bits per heavy atom. The molecule has 96 valence electrons. The predicted molar refractivity (Wildman–Crippen MR) is 70.7 cm³/mol. The second kappa shape index (κ2) is 4.36. The van der Waals surface area contributed by atoms with Crippen molar-refractivity contribution in [2.24, 2.45) is 0 Å². The van der Waals surface area contributed by atoms with Crippen LogP contribution in [0.4, 0.5) is 0 Å². The van der Waals surface area contributed by atoms with Crippen LogP contribution in [0.2, 0.25) is 0 Å². The fourth-order valence-electron chi connectivity index (χ4n) is 1.92. The number of carboxylic acid groups (broad SMARTS) is 1. The van der Waals surface area contributed by atoms with E-state index in [1.165, 1.54) is 23.5 Å². The molecule has 6 nitrogen and oxygen atoms in total. The van der Waals surface area contributed by atoms with E-state index in [0.717, 1.165) is 5.01 Å². The van der Waals surface area contributed by atoms with Crippen LogP contribution in [0, 0.1) is 0 Å². The highest BCUT2D eigenvalue weighted by Gasteiger charge is 2.11. The number of thiazole rings is 1. The number of fused-ring (bicyclic) bond motifs is 1. The molecule has 0 unspecified atom stereocenters. The lowest BCUT2D eigenvalue weighted by molar-refractivity contribution is 0.0697. The number of aromatic nitrogens is 3. The van der Waals surface area contributed by atoms with Crippen molar-refractivity contribution >= 4 is 28.3 Å². The number of hydrogen-bond donors (Lipinski definition) is 2. The zero-order chi connectivity index (χ0) is 13.4. The standard InChI is InChI=1S/C12H9N3O3S/c16-11(17)7-1-2-9-8(5-7)14-12(18)15(9)6-10-13-3-4-19-10/h1-5H,6H2,(H,14,18)(H,16,17). The van der Waals surface area contributed by atoms with Crippen molar-refractivity contribution in [3.8, 4) is 0 Å². The van der Waals surface area contributed by atoms with Crippen LogP contribution < -0.4 is 5.69 Å². The third kappa shape index (κ3) is 2.04. The van der Waals surface area contributed by atoms with Gasteiger partial charge in [0.15, 0.2) is 0 Å². The minimum absolute atomic E-state index is 0.148. The van der Waals surface area contributed by atoms with Gasteiger partial charge in [-0.1, -0.05) is 0 Å². The first-order valence-corrected chi connectivity index (χ1v) is 6.37. The van der Waals surface area contributed by atoms with Gasteiger partial charge in [-0.15, -0.1) is 11.3 Å². The Balaban J connectivity index is 2.12. The number of hydrogen-bond acceptors (Lipinski definition) is 4. The molecule has 1 aromatic carbocycles. The number of rotatable bonds is 3. The number of benzene rings is 1. The molecule has 3 rings (SSSR count). The fraction of sp³-hybridized carbons (Fsp3) is 0.0833. The summed E-state index contributed by atoms with van der Waals surface area (Å²) in [5.74, 6) is -1.02. The van der Waals surface area contributed by atoms with E-state index in [-0.39, 0.29) is 11.3 Å². The van der Waals surface area contributed by atoms with E-state index in [9.17, 15) is 9.59 Å². The number of carboxylic acids is 1. The molecule has 0 aliphatic heterocycles. The van der Waals surface area contributed by atoms with Gasteiger partial charge in [0.05, 0.1) is 23.1 Å². The van der Waals surface area contributed by atoms with Crippen LogP contribution in [0.3, 0.4) is 0 Å². The molecule has 0 radical (unpaired) electrons. The summed E-state index contributed by atoms with van der Waals surface area (Å²) in [6, 6.07) is 4.57. The molecule has 0 spiro atoms. The van der Waals surface area contributed by atoms with Crippen molar-refractivity contribution in [2.75, 3.05) is 0 Å². The number of imidazole rings is 1. The summed E-state index contributed by atoms with van der Waals surface area (Å²) in [5.41, 5.74) is 1.06. The Bertz CT molecular complexity index is 801. The first kappa shape index (κ1) is 11.7. The Morgan fingerprint density at radius 2 is 2.32 bits per heavy atom. The van der Waals surface area contributed by atoms with Crippen molar-refractivity contribution in [3.63, 3.8) is 0 Å². The first-order chi connectivity index (χ1) is 9.15. The minimum atomic E-state index is -1.02. The minimum Gasteiger partial charge on any atom is -0.478 e. The van der Waals surface area contributed by atoms with E-state index in [0.29, 0.717) is 17.6 Å².